The molecule has 0 unspecified atom stereocenters. The Kier molecular flexibility index (Phi) is 4.44. The highest BCUT2D eigenvalue weighted by molar-refractivity contribution is 5.45. The maximum atomic E-state index is 12.7. The minimum absolute atomic E-state index is 0.374. The van der Waals surface area contributed by atoms with Gasteiger partial charge in [-0.3, -0.25) is 4.98 Å². The monoisotopic (exact) mass is 299 g/mol. The Morgan fingerprint density at radius 2 is 1.85 bits per heavy atom. The van der Waals surface area contributed by atoms with Crippen molar-refractivity contribution in [1.82, 2.24) is 4.98 Å². The van der Waals surface area contributed by atoms with E-state index in [1.54, 1.807) is 0 Å². The van der Waals surface area contributed by atoms with Crippen LogP contribution in [0.15, 0.2) is 6.20 Å². The minimum atomic E-state index is -5.21. The topological polar surface area (TPSA) is 71.9 Å². The molecule has 0 spiro atoms. The molecule has 0 bridgehead atoms. The van der Waals surface area contributed by atoms with Crippen molar-refractivity contribution in [2.45, 2.75) is 25.5 Å². The number of pyridine rings is 1. The number of rotatable bonds is 3. The zero-order chi connectivity index (χ0) is 15.6. The zero-order valence-corrected chi connectivity index (χ0v) is 9.64. The number of ether oxygens (including phenoxy) is 1. The SMILES string of the molecule is N#CCc1c(C(F)(F)F)ncc(CN)c1OC(F)(F)F. The third-order valence-electron chi connectivity index (χ3n) is 2.16. The summed E-state index contributed by atoms with van der Waals surface area (Å²) in [7, 11) is 0. The van der Waals surface area contributed by atoms with Gasteiger partial charge in [-0.25, -0.2) is 0 Å². The first-order valence-electron chi connectivity index (χ1n) is 5.01. The van der Waals surface area contributed by atoms with Gasteiger partial charge in [-0.15, -0.1) is 13.2 Å². The summed E-state index contributed by atoms with van der Waals surface area (Å²) in [6.07, 6.45) is -10.6. The molecule has 0 aliphatic heterocycles. The fourth-order valence-electron chi connectivity index (χ4n) is 1.46. The molecule has 0 aliphatic carbocycles. The van der Waals surface area contributed by atoms with Crippen LogP contribution >= 0.6 is 0 Å². The van der Waals surface area contributed by atoms with Crippen molar-refractivity contribution in [3.8, 4) is 11.8 Å². The first-order valence-corrected chi connectivity index (χ1v) is 5.01. The molecule has 1 aromatic heterocycles. The van der Waals surface area contributed by atoms with Crippen molar-refractivity contribution in [1.29, 1.82) is 5.26 Å². The molecule has 0 fully saturated rings. The lowest BCUT2D eigenvalue weighted by Gasteiger charge is -2.18. The van der Waals surface area contributed by atoms with Crippen LogP contribution in [0.1, 0.15) is 16.8 Å². The Bertz CT molecular complexity index is 532. The van der Waals surface area contributed by atoms with Gasteiger partial charge in [0.05, 0.1) is 12.5 Å². The van der Waals surface area contributed by atoms with E-state index < -0.39 is 42.5 Å². The predicted molar refractivity (Wildman–Crippen MR) is 53.1 cm³/mol. The predicted octanol–water partition coefficient (Wildman–Crippen LogP) is 2.52. The van der Waals surface area contributed by atoms with E-state index in [2.05, 4.69) is 9.72 Å². The Hall–Kier alpha value is -2.02. The molecule has 0 aromatic carbocycles. The standard InChI is InChI=1S/C10H7F6N3O/c11-9(12,13)8-6(1-2-17)7(20-10(14,15)16)5(3-18)4-19-8/h4H,1,3,18H2. The molecule has 0 saturated heterocycles. The lowest BCUT2D eigenvalue weighted by molar-refractivity contribution is -0.275. The fourth-order valence-corrected chi connectivity index (χ4v) is 1.46. The van der Waals surface area contributed by atoms with E-state index in [1.807, 2.05) is 0 Å². The normalized spacial score (nSPS) is 12.1. The molecule has 1 heterocycles. The third kappa shape index (κ3) is 3.74. The Morgan fingerprint density at radius 1 is 1.25 bits per heavy atom. The average molecular weight is 299 g/mol. The van der Waals surface area contributed by atoms with Crippen molar-refractivity contribution in [2.24, 2.45) is 5.73 Å². The van der Waals surface area contributed by atoms with Gasteiger partial charge < -0.3 is 10.5 Å². The summed E-state index contributed by atoms with van der Waals surface area (Å²) in [6.45, 7) is -0.519. The van der Waals surface area contributed by atoms with Crippen molar-refractivity contribution in [2.75, 3.05) is 0 Å². The summed E-state index contributed by atoms with van der Waals surface area (Å²) in [5.74, 6) is -1.12. The van der Waals surface area contributed by atoms with Crippen LogP contribution in [0, 0.1) is 11.3 Å². The lowest BCUT2D eigenvalue weighted by Crippen LogP contribution is -2.22. The lowest BCUT2D eigenvalue weighted by atomic mass is 10.1. The van der Waals surface area contributed by atoms with E-state index in [0.717, 1.165) is 0 Å². The number of halogens is 6. The van der Waals surface area contributed by atoms with E-state index in [4.69, 9.17) is 11.0 Å². The Morgan fingerprint density at radius 3 is 2.25 bits per heavy atom. The second-order valence-electron chi connectivity index (χ2n) is 3.52. The molecule has 10 heteroatoms. The van der Waals surface area contributed by atoms with E-state index in [0.29, 0.717) is 6.20 Å². The minimum Gasteiger partial charge on any atom is -0.405 e. The summed E-state index contributed by atoms with van der Waals surface area (Å²) in [5.41, 5.74) is 2.18. The van der Waals surface area contributed by atoms with E-state index in [9.17, 15) is 26.3 Å². The highest BCUT2D eigenvalue weighted by Gasteiger charge is 2.40. The largest absolute Gasteiger partial charge is 0.573 e. The van der Waals surface area contributed by atoms with Gasteiger partial charge in [0.2, 0.25) is 0 Å². The van der Waals surface area contributed by atoms with Crippen LogP contribution in [-0.2, 0) is 19.1 Å². The number of alkyl halides is 6. The van der Waals surface area contributed by atoms with Gasteiger partial charge in [0.25, 0.3) is 0 Å². The summed E-state index contributed by atoms with van der Waals surface area (Å²) in [5, 5.41) is 8.48. The molecule has 0 saturated carbocycles. The van der Waals surface area contributed by atoms with E-state index in [-0.39, 0.29) is 5.56 Å². The maximum Gasteiger partial charge on any atom is 0.573 e. The van der Waals surface area contributed by atoms with Crippen LogP contribution < -0.4 is 10.5 Å². The highest BCUT2D eigenvalue weighted by Crippen LogP contribution is 2.38. The second kappa shape index (κ2) is 5.54. The summed E-state index contributed by atoms with van der Waals surface area (Å²) in [6, 6.07) is 1.35. The van der Waals surface area contributed by atoms with Gasteiger partial charge in [0, 0.05) is 23.9 Å². The molecule has 110 valence electrons. The Labute approximate surface area is 108 Å². The van der Waals surface area contributed by atoms with Gasteiger partial charge in [0.1, 0.15) is 5.75 Å². The molecular weight excluding hydrogens is 292 g/mol. The second-order valence-corrected chi connectivity index (χ2v) is 3.52. The third-order valence-corrected chi connectivity index (χ3v) is 2.16. The van der Waals surface area contributed by atoms with Crippen LogP contribution in [0.2, 0.25) is 0 Å². The summed E-state index contributed by atoms with van der Waals surface area (Å²) in [4.78, 5) is 3.03. The van der Waals surface area contributed by atoms with Crippen LogP contribution in [0.4, 0.5) is 26.3 Å². The zero-order valence-electron chi connectivity index (χ0n) is 9.64. The van der Waals surface area contributed by atoms with E-state index >= 15 is 0 Å². The first kappa shape index (κ1) is 16.0. The molecule has 1 rings (SSSR count). The van der Waals surface area contributed by atoms with Crippen LogP contribution in [0.5, 0.6) is 5.75 Å². The first-order chi connectivity index (χ1) is 9.10. The van der Waals surface area contributed by atoms with Crippen molar-refractivity contribution < 1.29 is 31.1 Å². The van der Waals surface area contributed by atoms with Crippen LogP contribution in [0.25, 0.3) is 0 Å². The fraction of sp³-hybridized carbons (Fsp3) is 0.400. The highest BCUT2D eigenvalue weighted by atomic mass is 19.4. The Balaban J connectivity index is 3.54. The molecule has 0 atom stereocenters. The molecule has 20 heavy (non-hydrogen) atoms. The number of nitrogens with two attached hydrogens (primary N) is 1. The number of nitriles is 1. The molecule has 1 aromatic rings. The van der Waals surface area contributed by atoms with Gasteiger partial charge in [-0.05, 0) is 0 Å². The molecule has 2 N–H and O–H groups in total. The maximum absolute atomic E-state index is 12.7. The molecule has 0 aliphatic rings. The molecule has 4 nitrogen and oxygen atoms in total. The van der Waals surface area contributed by atoms with Gasteiger partial charge >= 0.3 is 12.5 Å². The number of hydrogen-bond donors (Lipinski definition) is 1. The van der Waals surface area contributed by atoms with Crippen LogP contribution in [0.3, 0.4) is 0 Å². The summed E-state index contributed by atoms with van der Waals surface area (Å²) >= 11 is 0. The van der Waals surface area contributed by atoms with Gasteiger partial charge in [0.15, 0.2) is 5.69 Å². The number of aromatic nitrogens is 1. The number of hydrogen-bond acceptors (Lipinski definition) is 4. The quantitative estimate of drug-likeness (QED) is 0.870. The summed E-state index contributed by atoms with van der Waals surface area (Å²) < 4.78 is 78.4. The molecular formula is C10H7F6N3O. The molecule has 0 radical (unpaired) electrons. The van der Waals surface area contributed by atoms with Crippen molar-refractivity contribution in [3.05, 3.63) is 23.0 Å². The smallest absolute Gasteiger partial charge is 0.405 e. The van der Waals surface area contributed by atoms with Crippen LogP contribution in [-0.4, -0.2) is 11.3 Å². The number of nitrogens with zero attached hydrogens (tertiary/aromatic N) is 2. The molecule has 0 amide bonds. The van der Waals surface area contributed by atoms with Crippen molar-refractivity contribution >= 4 is 0 Å². The van der Waals surface area contributed by atoms with Gasteiger partial charge in [-0.2, -0.15) is 18.4 Å². The average Bonchev–Trinajstić information content (AvgIpc) is 2.28. The van der Waals surface area contributed by atoms with E-state index in [1.165, 1.54) is 6.07 Å². The van der Waals surface area contributed by atoms with Gasteiger partial charge in [-0.1, -0.05) is 0 Å². The van der Waals surface area contributed by atoms with Crippen molar-refractivity contribution in [3.63, 3.8) is 0 Å².